The van der Waals surface area contributed by atoms with Gasteiger partial charge in [-0.25, -0.2) is 9.18 Å². The minimum atomic E-state index is -0.551. The van der Waals surface area contributed by atoms with Crippen LogP contribution in [0.1, 0.15) is 25.3 Å². The molecule has 0 aromatic heterocycles. The lowest BCUT2D eigenvalue weighted by molar-refractivity contribution is -0.119. The van der Waals surface area contributed by atoms with E-state index in [9.17, 15) is 9.59 Å². The highest BCUT2D eigenvalue weighted by atomic mass is 19.1. The van der Waals surface area contributed by atoms with Gasteiger partial charge in [-0.05, 0) is 36.6 Å². The number of rotatable bonds is 8. The standard InChI is InChI=1S/C30H40FN9O3/c1-22(41)33-19-26-21-40(30(42)43-26)25-8-9-28(27(31)18-25)38-12-10-24(11-13-38)34-36-35-29(32-2)39-16-14-37(15-17-39)20-23-6-4-3-5-7-23/h3-9,18,24,26H,10-17,19-21H2,1-2H3,(H,33,41)(H,32,34,35)/t26-/m0/s1. The number of cyclic esters (lactones) is 1. The second-order valence-corrected chi connectivity index (χ2v) is 11.1. The van der Waals surface area contributed by atoms with E-state index in [1.807, 2.05) is 11.0 Å². The highest BCUT2D eigenvalue weighted by Crippen LogP contribution is 2.29. The van der Waals surface area contributed by atoms with Crippen molar-refractivity contribution in [3.05, 3.63) is 59.9 Å². The van der Waals surface area contributed by atoms with Crippen molar-refractivity contribution in [2.75, 3.05) is 69.2 Å². The lowest BCUT2D eigenvalue weighted by Crippen LogP contribution is -2.48. The molecule has 0 spiro atoms. The van der Waals surface area contributed by atoms with E-state index in [0.717, 1.165) is 45.6 Å². The number of benzene rings is 2. The molecule has 2 amide bonds. The summed E-state index contributed by atoms with van der Waals surface area (Å²) in [5.41, 5.74) is 5.41. The third-order valence-electron chi connectivity index (χ3n) is 8.02. The first-order valence-electron chi connectivity index (χ1n) is 14.8. The molecule has 2 aromatic rings. The van der Waals surface area contributed by atoms with Gasteiger partial charge in [0.2, 0.25) is 11.9 Å². The summed E-state index contributed by atoms with van der Waals surface area (Å²) in [5, 5.41) is 11.3. The Bertz CT molecular complexity index is 1310. The van der Waals surface area contributed by atoms with Crippen LogP contribution in [0.3, 0.4) is 0 Å². The van der Waals surface area contributed by atoms with Gasteiger partial charge in [0, 0.05) is 65.8 Å². The van der Waals surface area contributed by atoms with Crippen LogP contribution >= 0.6 is 0 Å². The van der Waals surface area contributed by atoms with Crippen molar-refractivity contribution < 1.29 is 18.7 Å². The van der Waals surface area contributed by atoms with Crippen molar-refractivity contribution in [1.29, 1.82) is 0 Å². The molecule has 0 saturated carbocycles. The summed E-state index contributed by atoms with van der Waals surface area (Å²) in [4.78, 5) is 35.8. The number of hydrogen-bond donors (Lipinski definition) is 2. The monoisotopic (exact) mass is 593 g/mol. The van der Waals surface area contributed by atoms with Gasteiger partial charge in [0.15, 0.2) is 0 Å². The van der Waals surface area contributed by atoms with Crippen LogP contribution in [0.2, 0.25) is 0 Å². The fourth-order valence-electron chi connectivity index (χ4n) is 5.62. The number of ether oxygens (including phenoxy) is 1. The minimum absolute atomic E-state index is 0.128. The Balaban J connectivity index is 1.06. The third-order valence-corrected chi connectivity index (χ3v) is 8.02. The Labute approximate surface area is 251 Å². The van der Waals surface area contributed by atoms with Gasteiger partial charge in [0.1, 0.15) is 11.9 Å². The largest absolute Gasteiger partial charge is 0.442 e. The summed E-state index contributed by atoms with van der Waals surface area (Å²) in [5.74, 6) is 0.0274. The maximum absolute atomic E-state index is 15.2. The average Bonchev–Trinajstić information content (AvgIpc) is 3.40. The molecule has 43 heavy (non-hydrogen) atoms. The van der Waals surface area contributed by atoms with E-state index in [4.69, 9.17) is 4.74 Å². The number of nitrogens with zero attached hydrogens (tertiary/aromatic N) is 7. The number of piperazine rings is 1. The van der Waals surface area contributed by atoms with Crippen molar-refractivity contribution in [3.63, 3.8) is 0 Å². The Morgan fingerprint density at radius 3 is 2.47 bits per heavy atom. The van der Waals surface area contributed by atoms with E-state index < -0.39 is 18.0 Å². The van der Waals surface area contributed by atoms with Gasteiger partial charge in [-0.15, -0.1) is 0 Å². The van der Waals surface area contributed by atoms with Crippen LogP contribution in [0.25, 0.3) is 0 Å². The molecule has 2 aromatic carbocycles. The minimum Gasteiger partial charge on any atom is -0.442 e. The molecule has 0 unspecified atom stereocenters. The van der Waals surface area contributed by atoms with Crippen LogP contribution in [0.4, 0.5) is 20.6 Å². The molecule has 2 N–H and O–H groups in total. The van der Waals surface area contributed by atoms with Gasteiger partial charge in [0.05, 0.1) is 24.5 Å². The predicted molar refractivity (Wildman–Crippen MR) is 163 cm³/mol. The van der Waals surface area contributed by atoms with Crippen LogP contribution in [0, 0.1) is 5.82 Å². The van der Waals surface area contributed by atoms with Crippen LogP contribution in [-0.2, 0) is 16.1 Å². The molecule has 3 fully saturated rings. The van der Waals surface area contributed by atoms with Crippen LogP contribution in [0.15, 0.2) is 63.9 Å². The van der Waals surface area contributed by atoms with E-state index in [2.05, 4.69) is 60.1 Å². The van der Waals surface area contributed by atoms with Gasteiger partial charge in [-0.1, -0.05) is 40.7 Å². The number of nitrogens with one attached hydrogen (secondary N) is 2. The third kappa shape index (κ3) is 7.98. The summed E-state index contributed by atoms with van der Waals surface area (Å²) >= 11 is 0. The van der Waals surface area contributed by atoms with Gasteiger partial charge in [-0.2, -0.15) is 0 Å². The molecule has 3 aliphatic heterocycles. The quantitative estimate of drug-likeness (QED) is 0.209. The zero-order valence-electron chi connectivity index (χ0n) is 24.8. The number of piperidine rings is 1. The van der Waals surface area contributed by atoms with Crippen LogP contribution in [0.5, 0.6) is 0 Å². The first-order chi connectivity index (χ1) is 20.9. The lowest BCUT2D eigenvalue weighted by Gasteiger charge is -2.35. The molecule has 0 aliphatic carbocycles. The molecule has 13 heteroatoms. The normalized spacial score (nSPS) is 20.5. The van der Waals surface area contributed by atoms with E-state index in [0.29, 0.717) is 30.4 Å². The molecule has 0 bridgehead atoms. The van der Waals surface area contributed by atoms with Gasteiger partial charge < -0.3 is 19.9 Å². The summed E-state index contributed by atoms with van der Waals surface area (Å²) < 4.78 is 20.5. The summed E-state index contributed by atoms with van der Waals surface area (Å²) in [7, 11) is 1.74. The number of amides is 2. The number of hydrogen-bond acceptors (Lipinski definition) is 7. The highest BCUT2D eigenvalue weighted by Gasteiger charge is 2.33. The van der Waals surface area contributed by atoms with Gasteiger partial charge in [-0.3, -0.25) is 25.0 Å². The summed E-state index contributed by atoms with van der Waals surface area (Å²) in [6.45, 7) is 7.70. The maximum Gasteiger partial charge on any atom is 0.414 e. The Hall–Kier alpha value is -4.26. The lowest BCUT2D eigenvalue weighted by atomic mass is 10.0. The molecule has 3 aliphatic rings. The SMILES string of the molecule is C/N=C(\N=N/NC1CCN(c2ccc(N3C[C@H](CNC(C)=O)OC3=O)cc2F)CC1)N1CCN(Cc2ccccc2)CC1. The Morgan fingerprint density at radius 2 is 1.79 bits per heavy atom. The van der Waals surface area contributed by atoms with Crippen molar-refractivity contribution in [3.8, 4) is 0 Å². The molecule has 230 valence electrons. The number of aliphatic imine (C=N–C) groups is 1. The maximum atomic E-state index is 15.2. The Morgan fingerprint density at radius 1 is 1.05 bits per heavy atom. The molecule has 3 heterocycles. The number of anilines is 2. The molecular formula is C30H40FN9O3. The van der Waals surface area contributed by atoms with Crippen LogP contribution in [-0.4, -0.2) is 99.3 Å². The van der Waals surface area contributed by atoms with Crippen molar-refractivity contribution in [1.82, 2.24) is 20.5 Å². The second kappa shape index (κ2) is 14.3. The summed E-state index contributed by atoms with van der Waals surface area (Å²) in [6, 6.07) is 15.4. The topological polar surface area (TPSA) is 117 Å². The van der Waals surface area contributed by atoms with E-state index in [1.54, 1.807) is 19.2 Å². The van der Waals surface area contributed by atoms with Crippen molar-refractivity contribution in [2.45, 2.75) is 38.5 Å². The highest BCUT2D eigenvalue weighted by molar-refractivity contribution is 5.90. The van der Waals surface area contributed by atoms with Gasteiger partial charge >= 0.3 is 6.09 Å². The second-order valence-electron chi connectivity index (χ2n) is 11.1. The fourth-order valence-corrected chi connectivity index (χ4v) is 5.62. The number of carbonyl (C=O) groups is 2. The van der Waals surface area contributed by atoms with E-state index >= 15 is 4.39 Å². The average molecular weight is 594 g/mol. The van der Waals surface area contributed by atoms with Crippen molar-refractivity contribution in [2.24, 2.45) is 15.3 Å². The van der Waals surface area contributed by atoms with Crippen molar-refractivity contribution >= 4 is 29.3 Å². The van der Waals surface area contributed by atoms with Gasteiger partial charge in [0.25, 0.3) is 0 Å². The summed E-state index contributed by atoms with van der Waals surface area (Å²) in [6.07, 6.45) is 0.531. The molecule has 3 saturated heterocycles. The number of guanidine groups is 1. The fraction of sp³-hybridized carbons (Fsp3) is 0.500. The molecule has 12 nitrogen and oxygen atoms in total. The number of halogens is 1. The Kier molecular flexibility index (Phi) is 10.0. The molecule has 0 radical (unpaired) electrons. The van der Waals surface area contributed by atoms with E-state index in [-0.39, 0.29) is 25.0 Å². The zero-order valence-corrected chi connectivity index (χ0v) is 24.8. The predicted octanol–water partition coefficient (Wildman–Crippen LogP) is 3.02. The molecule has 5 rings (SSSR count). The smallest absolute Gasteiger partial charge is 0.414 e. The zero-order chi connectivity index (χ0) is 30.2. The molecule has 1 atom stereocenters. The first kappa shape index (κ1) is 30.2. The number of carbonyl (C=O) groups excluding carboxylic acids is 2. The van der Waals surface area contributed by atoms with Crippen LogP contribution < -0.4 is 20.5 Å². The molecular weight excluding hydrogens is 553 g/mol. The first-order valence-corrected chi connectivity index (χ1v) is 14.8. The van der Waals surface area contributed by atoms with E-state index in [1.165, 1.54) is 23.5 Å².